The molecule has 3 aromatic carbocycles. The van der Waals surface area contributed by atoms with Gasteiger partial charge in [0.25, 0.3) is 0 Å². The van der Waals surface area contributed by atoms with Crippen LogP contribution < -0.4 is 5.19 Å². The van der Waals surface area contributed by atoms with E-state index in [0.29, 0.717) is 0 Å². The van der Waals surface area contributed by atoms with Crippen LogP contribution in [0.15, 0.2) is 59.3 Å². The molecule has 0 saturated heterocycles. The van der Waals surface area contributed by atoms with Crippen LogP contribution in [0.3, 0.4) is 0 Å². The van der Waals surface area contributed by atoms with E-state index in [4.69, 9.17) is 9.40 Å². The van der Waals surface area contributed by atoms with Gasteiger partial charge in [0, 0.05) is 21.7 Å². The van der Waals surface area contributed by atoms with Crippen molar-refractivity contribution in [2.75, 3.05) is 0 Å². The minimum Gasteiger partial charge on any atom is -0.455 e. The Hall–Kier alpha value is -2.98. The summed E-state index contributed by atoms with van der Waals surface area (Å²) in [5.74, 6) is 0. The van der Waals surface area contributed by atoms with Crippen LogP contribution in [0, 0.1) is 13.8 Å². The normalized spacial score (nSPS) is 12.3. The second-order valence-electron chi connectivity index (χ2n) is 8.94. The molecule has 0 spiro atoms. The molecule has 0 atom stereocenters. The number of hydrogen-bond acceptors (Lipinski definition) is 3. The fourth-order valence-corrected chi connectivity index (χ4v) is 5.32. The Labute approximate surface area is 171 Å². The van der Waals surface area contributed by atoms with Crippen molar-refractivity contribution in [3.05, 3.63) is 66.0 Å². The molecule has 2 aromatic heterocycles. The molecule has 0 fully saturated rings. The Morgan fingerprint density at radius 1 is 0.862 bits per heavy atom. The van der Waals surface area contributed by atoms with Crippen molar-refractivity contribution >= 4 is 46.1 Å². The lowest BCUT2D eigenvalue weighted by molar-refractivity contribution is 0.669. The lowest BCUT2D eigenvalue weighted by Gasteiger charge is -2.17. The molecule has 0 radical (unpaired) electrons. The van der Waals surface area contributed by atoms with Crippen LogP contribution in [0.2, 0.25) is 19.6 Å². The van der Waals surface area contributed by atoms with Crippen LogP contribution in [0.4, 0.5) is 0 Å². The van der Waals surface area contributed by atoms with E-state index >= 15 is 0 Å². The van der Waals surface area contributed by atoms with Gasteiger partial charge in [0.15, 0.2) is 0 Å². The third-order valence-corrected chi connectivity index (χ3v) is 7.75. The van der Waals surface area contributed by atoms with Crippen LogP contribution in [0.1, 0.15) is 11.1 Å². The van der Waals surface area contributed by atoms with Gasteiger partial charge in [-0.1, -0.05) is 49.1 Å². The molecule has 144 valence electrons. The maximum absolute atomic E-state index is 6.35. The molecular weight excluding hydrogens is 372 g/mol. The number of rotatable bonds is 2. The lowest BCUT2D eigenvalue weighted by Crippen LogP contribution is -2.37. The van der Waals surface area contributed by atoms with Gasteiger partial charge in [-0.05, 0) is 49.2 Å². The first kappa shape index (κ1) is 18.1. The number of benzene rings is 3. The summed E-state index contributed by atoms with van der Waals surface area (Å²) in [7, 11) is -1.41. The molecule has 0 aliphatic heterocycles. The molecule has 5 rings (SSSR count). The fourth-order valence-electron chi connectivity index (χ4n) is 4.16. The summed E-state index contributed by atoms with van der Waals surface area (Å²) in [6.45, 7) is 11.3. The lowest BCUT2D eigenvalue weighted by atomic mass is 9.99. The number of aryl methyl sites for hydroxylation is 2. The van der Waals surface area contributed by atoms with Gasteiger partial charge in [0.2, 0.25) is 0 Å². The predicted molar refractivity (Wildman–Crippen MR) is 125 cm³/mol. The van der Waals surface area contributed by atoms with E-state index in [1.54, 1.807) is 6.33 Å². The highest BCUT2D eigenvalue weighted by Crippen LogP contribution is 2.39. The monoisotopic (exact) mass is 396 g/mol. The van der Waals surface area contributed by atoms with Gasteiger partial charge in [0.1, 0.15) is 17.5 Å². The zero-order valence-corrected chi connectivity index (χ0v) is 18.5. The average molecular weight is 397 g/mol. The molecule has 2 heterocycles. The highest BCUT2D eigenvalue weighted by molar-refractivity contribution is 6.88. The first-order valence-corrected chi connectivity index (χ1v) is 13.5. The van der Waals surface area contributed by atoms with E-state index in [-0.39, 0.29) is 0 Å². The summed E-state index contributed by atoms with van der Waals surface area (Å²) < 4.78 is 6.35. The summed E-state index contributed by atoms with van der Waals surface area (Å²) in [6.07, 6.45) is 1.67. The van der Waals surface area contributed by atoms with E-state index < -0.39 is 8.07 Å². The van der Waals surface area contributed by atoms with Crippen molar-refractivity contribution in [2.24, 2.45) is 0 Å². The summed E-state index contributed by atoms with van der Waals surface area (Å²) in [5, 5.41) is 4.81. The second kappa shape index (κ2) is 6.26. The van der Waals surface area contributed by atoms with Crippen molar-refractivity contribution in [2.45, 2.75) is 33.5 Å². The summed E-state index contributed by atoms with van der Waals surface area (Å²) >= 11 is 0. The van der Waals surface area contributed by atoms with Gasteiger partial charge in [0.05, 0.1) is 19.3 Å². The molecule has 5 aromatic rings. The first-order chi connectivity index (χ1) is 13.8. The molecule has 29 heavy (non-hydrogen) atoms. The minimum absolute atomic E-state index is 0.897. The molecule has 3 nitrogen and oxygen atoms in total. The van der Waals surface area contributed by atoms with Crippen molar-refractivity contribution in [1.29, 1.82) is 0 Å². The molecule has 0 aliphatic rings. The van der Waals surface area contributed by atoms with Gasteiger partial charge in [-0.25, -0.2) is 9.97 Å². The molecule has 0 unspecified atom stereocenters. The maximum atomic E-state index is 6.35. The largest absolute Gasteiger partial charge is 0.455 e. The topological polar surface area (TPSA) is 38.9 Å². The van der Waals surface area contributed by atoms with E-state index in [9.17, 15) is 0 Å². The quantitative estimate of drug-likeness (QED) is 0.326. The molecule has 0 saturated carbocycles. The van der Waals surface area contributed by atoms with Crippen LogP contribution in [0.25, 0.3) is 44.1 Å². The standard InChI is InChI=1S/C25H24N2OSi/c1-15-11-19-23-16(2)7-6-8-22(23)28-25(19)20(12-15)24-18-10-9-17(29(3,4)5)13-21(18)26-14-27-24/h6-14H,1-5H3. The highest BCUT2D eigenvalue weighted by atomic mass is 28.3. The molecule has 0 amide bonds. The van der Waals surface area contributed by atoms with Crippen molar-refractivity contribution < 1.29 is 4.42 Å². The Kier molecular flexibility index (Phi) is 3.90. The molecule has 0 bridgehead atoms. The molecule has 0 aliphatic carbocycles. The van der Waals surface area contributed by atoms with Crippen LogP contribution in [0.5, 0.6) is 0 Å². The minimum atomic E-state index is -1.41. The highest BCUT2D eigenvalue weighted by Gasteiger charge is 2.20. The third-order valence-electron chi connectivity index (χ3n) is 5.71. The Bertz CT molecular complexity index is 1410. The zero-order chi connectivity index (χ0) is 20.3. The zero-order valence-electron chi connectivity index (χ0n) is 17.5. The van der Waals surface area contributed by atoms with E-state index in [1.165, 1.54) is 21.7 Å². The van der Waals surface area contributed by atoms with Gasteiger partial charge in [-0.15, -0.1) is 0 Å². The Balaban J connectivity index is 1.85. The van der Waals surface area contributed by atoms with E-state index in [2.05, 4.69) is 74.9 Å². The van der Waals surface area contributed by atoms with E-state index in [1.807, 2.05) is 12.1 Å². The number of fused-ring (bicyclic) bond motifs is 4. The van der Waals surface area contributed by atoms with Crippen LogP contribution in [-0.4, -0.2) is 18.0 Å². The SMILES string of the molecule is Cc1cc(-c2ncnc3cc([Si](C)(C)C)ccc23)c2oc3cccc(C)c3c2c1. The van der Waals surface area contributed by atoms with E-state index in [0.717, 1.165) is 38.7 Å². The van der Waals surface area contributed by atoms with Crippen LogP contribution >= 0.6 is 0 Å². The second-order valence-corrected chi connectivity index (χ2v) is 14.0. The van der Waals surface area contributed by atoms with Crippen LogP contribution in [-0.2, 0) is 0 Å². The molecular formula is C25H24N2OSi. The third kappa shape index (κ3) is 2.86. The van der Waals surface area contributed by atoms with Gasteiger partial charge in [-0.3, -0.25) is 0 Å². The Morgan fingerprint density at radius 2 is 1.69 bits per heavy atom. The average Bonchev–Trinajstić information content (AvgIpc) is 3.05. The Morgan fingerprint density at radius 3 is 2.48 bits per heavy atom. The summed E-state index contributed by atoms with van der Waals surface area (Å²) in [4.78, 5) is 9.27. The smallest absolute Gasteiger partial charge is 0.144 e. The van der Waals surface area contributed by atoms with Gasteiger partial charge in [-0.2, -0.15) is 0 Å². The number of nitrogens with zero attached hydrogens (tertiary/aromatic N) is 2. The van der Waals surface area contributed by atoms with Gasteiger partial charge < -0.3 is 4.42 Å². The predicted octanol–water partition coefficient (Wildman–Crippen LogP) is 6.36. The summed E-state index contributed by atoms with van der Waals surface area (Å²) in [5.41, 5.74) is 7.21. The molecule has 0 N–H and O–H groups in total. The first-order valence-electron chi connectivity index (χ1n) is 10.0. The van der Waals surface area contributed by atoms with Crippen molar-refractivity contribution in [1.82, 2.24) is 9.97 Å². The summed E-state index contributed by atoms with van der Waals surface area (Å²) in [6, 6.07) is 17.3. The van der Waals surface area contributed by atoms with Crippen molar-refractivity contribution in [3.63, 3.8) is 0 Å². The van der Waals surface area contributed by atoms with Gasteiger partial charge >= 0.3 is 0 Å². The number of hydrogen-bond donors (Lipinski definition) is 0. The fraction of sp³-hybridized carbons (Fsp3) is 0.200. The van der Waals surface area contributed by atoms with Crippen molar-refractivity contribution in [3.8, 4) is 11.3 Å². The molecule has 4 heteroatoms. The number of aromatic nitrogens is 2. The maximum Gasteiger partial charge on any atom is 0.144 e. The number of furan rings is 1.